The van der Waals surface area contributed by atoms with Gasteiger partial charge in [0.2, 0.25) is 0 Å². The van der Waals surface area contributed by atoms with E-state index < -0.39 is 24.3 Å². The summed E-state index contributed by atoms with van der Waals surface area (Å²) in [6.45, 7) is 0.180. The summed E-state index contributed by atoms with van der Waals surface area (Å²) in [5.74, 6) is 0. The van der Waals surface area contributed by atoms with E-state index in [1.54, 1.807) is 0 Å². The molecule has 0 aromatic carbocycles. The van der Waals surface area contributed by atoms with Gasteiger partial charge in [-0.05, 0) is 0 Å². The van der Waals surface area contributed by atoms with E-state index in [0.717, 1.165) is 5.06 Å². The maximum absolute atomic E-state index is 11.1. The maximum atomic E-state index is 11.1. The third kappa shape index (κ3) is 1.37. The number of aliphatic hydroxyl groups excluding tert-OH is 2. The minimum atomic E-state index is -0.943. The predicted octanol–water partition coefficient (Wildman–Crippen LogP) is -1.14. The third-order valence-electron chi connectivity index (χ3n) is 2.29. The normalized spacial score (nSPS) is 39.7. The summed E-state index contributed by atoms with van der Waals surface area (Å²) in [6.07, 6.45) is -1.99. The monoisotopic (exact) mass is 189 g/mol. The van der Waals surface area contributed by atoms with Gasteiger partial charge in [-0.15, -0.1) is 0 Å². The van der Waals surface area contributed by atoms with Crippen molar-refractivity contribution in [2.24, 2.45) is 0 Å². The maximum Gasteiger partial charge on any atom is 0.434 e. The molecule has 2 fully saturated rings. The standard InChI is InChI=1S/C7H11NO5/c9-5-3-13-8-4(6(5)10)1-2-12-7(8)11/h4-6,9-10H,1-3H2/t4-,5-,6+/m1/s1. The lowest BCUT2D eigenvalue weighted by Gasteiger charge is -2.41. The van der Waals surface area contributed by atoms with Crippen LogP contribution in [0.2, 0.25) is 0 Å². The first-order chi connectivity index (χ1) is 6.20. The third-order valence-corrected chi connectivity index (χ3v) is 2.29. The number of aliphatic hydroxyl groups is 2. The number of nitrogens with zero attached hydrogens (tertiary/aromatic N) is 1. The van der Waals surface area contributed by atoms with E-state index in [0.29, 0.717) is 6.42 Å². The molecule has 0 aromatic heterocycles. The Labute approximate surface area is 74.6 Å². The van der Waals surface area contributed by atoms with Gasteiger partial charge in [0.25, 0.3) is 0 Å². The second kappa shape index (κ2) is 3.13. The second-order valence-corrected chi connectivity index (χ2v) is 3.15. The number of fused-ring (bicyclic) bond motifs is 1. The quantitative estimate of drug-likeness (QED) is 0.503. The van der Waals surface area contributed by atoms with E-state index in [-0.39, 0.29) is 13.2 Å². The zero-order valence-electron chi connectivity index (χ0n) is 6.92. The van der Waals surface area contributed by atoms with E-state index in [1.165, 1.54) is 0 Å². The molecule has 0 saturated carbocycles. The van der Waals surface area contributed by atoms with Crippen LogP contribution in [0.3, 0.4) is 0 Å². The summed E-state index contributed by atoms with van der Waals surface area (Å²) in [5, 5.41) is 19.8. The summed E-state index contributed by atoms with van der Waals surface area (Å²) in [7, 11) is 0. The van der Waals surface area contributed by atoms with Gasteiger partial charge in [0.1, 0.15) is 18.8 Å². The fourth-order valence-corrected chi connectivity index (χ4v) is 1.55. The van der Waals surface area contributed by atoms with Gasteiger partial charge in [-0.1, -0.05) is 0 Å². The van der Waals surface area contributed by atoms with Gasteiger partial charge in [0.15, 0.2) is 0 Å². The number of carbonyl (C=O) groups is 1. The number of cyclic esters (lactones) is 1. The molecule has 2 aliphatic heterocycles. The Hall–Kier alpha value is -0.850. The van der Waals surface area contributed by atoms with Crippen molar-refractivity contribution in [3.63, 3.8) is 0 Å². The Balaban J connectivity index is 2.12. The van der Waals surface area contributed by atoms with Crippen LogP contribution in [-0.2, 0) is 9.57 Å². The van der Waals surface area contributed by atoms with E-state index in [1.807, 2.05) is 0 Å². The molecule has 2 saturated heterocycles. The van der Waals surface area contributed by atoms with Gasteiger partial charge in [0.05, 0.1) is 12.6 Å². The summed E-state index contributed by atoms with van der Waals surface area (Å²) in [6, 6.07) is -0.481. The van der Waals surface area contributed by atoms with E-state index in [2.05, 4.69) is 0 Å². The molecule has 0 bridgehead atoms. The Kier molecular flexibility index (Phi) is 2.10. The lowest BCUT2D eigenvalue weighted by Crippen LogP contribution is -2.60. The fraction of sp³-hybridized carbons (Fsp3) is 0.857. The molecule has 74 valence electrons. The van der Waals surface area contributed by atoms with Gasteiger partial charge in [-0.3, -0.25) is 4.84 Å². The number of hydrogen-bond donors (Lipinski definition) is 2. The molecule has 0 spiro atoms. The molecule has 2 aliphatic rings. The van der Waals surface area contributed by atoms with Crippen molar-refractivity contribution in [2.75, 3.05) is 13.2 Å². The number of ether oxygens (including phenoxy) is 1. The van der Waals surface area contributed by atoms with Crippen LogP contribution in [0.15, 0.2) is 0 Å². The molecular weight excluding hydrogens is 178 g/mol. The van der Waals surface area contributed by atoms with Gasteiger partial charge in [-0.2, -0.15) is 5.06 Å². The van der Waals surface area contributed by atoms with Crippen molar-refractivity contribution in [1.82, 2.24) is 5.06 Å². The van der Waals surface area contributed by atoms with Crippen molar-refractivity contribution in [3.8, 4) is 0 Å². The molecular formula is C7H11NO5. The zero-order chi connectivity index (χ0) is 9.42. The first-order valence-corrected chi connectivity index (χ1v) is 4.15. The topological polar surface area (TPSA) is 79.2 Å². The van der Waals surface area contributed by atoms with Crippen molar-refractivity contribution >= 4 is 6.09 Å². The lowest BCUT2D eigenvalue weighted by molar-refractivity contribution is -0.262. The van der Waals surface area contributed by atoms with Crippen molar-refractivity contribution < 1.29 is 24.6 Å². The largest absolute Gasteiger partial charge is 0.448 e. The first-order valence-electron chi connectivity index (χ1n) is 4.15. The summed E-state index contributed by atoms with van der Waals surface area (Å²) >= 11 is 0. The Morgan fingerprint density at radius 3 is 3.00 bits per heavy atom. The molecule has 6 heteroatoms. The molecule has 2 N–H and O–H groups in total. The lowest BCUT2D eigenvalue weighted by atomic mass is 10.0. The smallest absolute Gasteiger partial charge is 0.434 e. The number of hydrogen-bond acceptors (Lipinski definition) is 5. The van der Waals surface area contributed by atoms with Gasteiger partial charge in [-0.25, -0.2) is 4.79 Å². The summed E-state index contributed by atoms with van der Waals surface area (Å²) < 4.78 is 4.70. The first kappa shape index (κ1) is 8.74. The number of rotatable bonds is 0. The Morgan fingerprint density at radius 1 is 1.46 bits per heavy atom. The summed E-state index contributed by atoms with van der Waals surface area (Å²) in [4.78, 5) is 16.0. The molecule has 2 heterocycles. The van der Waals surface area contributed by atoms with Crippen LogP contribution >= 0.6 is 0 Å². The molecule has 0 aromatic rings. The molecule has 13 heavy (non-hydrogen) atoms. The Morgan fingerprint density at radius 2 is 2.23 bits per heavy atom. The van der Waals surface area contributed by atoms with Crippen LogP contribution in [0.25, 0.3) is 0 Å². The van der Waals surface area contributed by atoms with E-state index in [4.69, 9.17) is 9.57 Å². The van der Waals surface area contributed by atoms with Gasteiger partial charge in [0, 0.05) is 6.42 Å². The highest BCUT2D eigenvalue weighted by molar-refractivity contribution is 5.67. The van der Waals surface area contributed by atoms with Crippen LogP contribution in [-0.4, -0.2) is 52.8 Å². The van der Waals surface area contributed by atoms with E-state index >= 15 is 0 Å². The van der Waals surface area contributed by atoms with Gasteiger partial charge < -0.3 is 14.9 Å². The van der Waals surface area contributed by atoms with E-state index in [9.17, 15) is 15.0 Å². The molecule has 2 rings (SSSR count). The molecule has 6 nitrogen and oxygen atoms in total. The Bertz CT molecular complexity index is 221. The predicted molar refractivity (Wildman–Crippen MR) is 39.6 cm³/mol. The highest BCUT2D eigenvalue weighted by Crippen LogP contribution is 2.23. The number of amides is 1. The van der Waals surface area contributed by atoms with Crippen molar-refractivity contribution in [1.29, 1.82) is 0 Å². The number of hydroxylamine groups is 2. The number of carbonyl (C=O) groups excluding carboxylic acids is 1. The minimum absolute atomic E-state index is 0.0766. The summed E-state index contributed by atoms with van der Waals surface area (Å²) in [5.41, 5.74) is 0. The average molecular weight is 189 g/mol. The highest BCUT2D eigenvalue weighted by atomic mass is 16.7. The van der Waals surface area contributed by atoms with Crippen LogP contribution in [0.4, 0.5) is 4.79 Å². The molecule has 1 amide bonds. The average Bonchev–Trinajstić information content (AvgIpc) is 2.12. The molecule has 0 radical (unpaired) electrons. The SMILES string of the molecule is O=C1OCC[C@@H]2[C@H](O)[C@H](O)CON12. The molecule has 0 unspecified atom stereocenters. The van der Waals surface area contributed by atoms with Crippen LogP contribution in [0, 0.1) is 0 Å². The highest BCUT2D eigenvalue weighted by Gasteiger charge is 2.43. The fourth-order valence-electron chi connectivity index (χ4n) is 1.55. The van der Waals surface area contributed by atoms with Crippen molar-refractivity contribution in [3.05, 3.63) is 0 Å². The zero-order valence-corrected chi connectivity index (χ0v) is 6.92. The van der Waals surface area contributed by atoms with Crippen LogP contribution < -0.4 is 0 Å². The van der Waals surface area contributed by atoms with Crippen LogP contribution in [0.5, 0.6) is 0 Å². The molecule has 3 atom stereocenters. The van der Waals surface area contributed by atoms with Crippen molar-refractivity contribution in [2.45, 2.75) is 24.7 Å². The van der Waals surface area contributed by atoms with Crippen LogP contribution in [0.1, 0.15) is 6.42 Å². The second-order valence-electron chi connectivity index (χ2n) is 3.15. The minimum Gasteiger partial charge on any atom is -0.448 e. The molecule has 0 aliphatic carbocycles. The van der Waals surface area contributed by atoms with Gasteiger partial charge >= 0.3 is 6.09 Å².